The lowest BCUT2D eigenvalue weighted by Gasteiger charge is -2.41. The van der Waals surface area contributed by atoms with Crippen LogP contribution >= 0.6 is 0 Å². The summed E-state index contributed by atoms with van der Waals surface area (Å²) >= 11 is 0. The number of carbonyl (C=O) groups excluding carboxylic acids is 1. The molecule has 0 bridgehead atoms. The average Bonchev–Trinajstić information content (AvgIpc) is 3.39. The molecule has 2 fully saturated rings. The molecule has 2 aliphatic rings. The number of aromatic nitrogens is 4. The van der Waals surface area contributed by atoms with E-state index in [0.717, 1.165) is 93.9 Å². The standard InChI is InChI=1S/C31H38N6O3/c1-23-27(21-35-37(23)30-8-6-24(19-34-30)4-3-15-39-2)28(38)18-25-5-7-29(33-20-25)31(22-32)11-9-26(10-12-31)36-13-16-40-17-14-36/h5-8,19-21,26H,3-4,9-18H2,1-2H3. The molecular weight excluding hydrogens is 504 g/mol. The van der Waals surface area contributed by atoms with Crippen molar-refractivity contribution >= 4 is 5.78 Å². The molecule has 0 aromatic carbocycles. The molecule has 0 amide bonds. The smallest absolute Gasteiger partial charge is 0.170 e. The zero-order chi connectivity index (χ0) is 28.0. The molecule has 0 spiro atoms. The van der Waals surface area contributed by atoms with Gasteiger partial charge in [-0.1, -0.05) is 12.1 Å². The Morgan fingerprint density at radius 3 is 2.50 bits per heavy atom. The minimum Gasteiger partial charge on any atom is -0.385 e. The van der Waals surface area contributed by atoms with E-state index in [2.05, 4.69) is 21.1 Å². The third kappa shape index (κ3) is 6.15. The van der Waals surface area contributed by atoms with Gasteiger partial charge in [-0.25, -0.2) is 9.67 Å². The van der Waals surface area contributed by atoms with E-state index in [1.807, 2.05) is 37.4 Å². The number of nitriles is 1. The highest BCUT2D eigenvalue weighted by Crippen LogP contribution is 2.39. The molecule has 1 aliphatic carbocycles. The van der Waals surface area contributed by atoms with Gasteiger partial charge >= 0.3 is 0 Å². The van der Waals surface area contributed by atoms with Crippen LogP contribution in [0.1, 0.15) is 65.0 Å². The Kier molecular flexibility index (Phi) is 9.00. The zero-order valence-corrected chi connectivity index (χ0v) is 23.5. The maximum atomic E-state index is 13.2. The Morgan fingerprint density at radius 2 is 1.85 bits per heavy atom. The Morgan fingerprint density at radius 1 is 1.10 bits per heavy atom. The van der Waals surface area contributed by atoms with Crippen LogP contribution in [0.15, 0.2) is 42.9 Å². The van der Waals surface area contributed by atoms with E-state index in [4.69, 9.17) is 14.5 Å². The van der Waals surface area contributed by atoms with Gasteiger partial charge in [0.1, 0.15) is 0 Å². The first-order chi connectivity index (χ1) is 19.5. The number of ketones is 1. The predicted molar refractivity (Wildman–Crippen MR) is 151 cm³/mol. The van der Waals surface area contributed by atoms with Crippen LogP contribution < -0.4 is 0 Å². The fourth-order valence-electron chi connectivity index (χ4n) is 5.95. The number of morpholine rings is 1. The summed E-state index contributed by atoms with van der Waals surface area (Å²) in [4.78, 5) is 24.9. The average molecular weight is 543 g/mol. The first-order valence-electron chi connectivity index (χ1n) is 14.2. The molecule has 40 heavy (non-hydrogen) atoms. The van der Waals surface area contributed by atoms with Gasteiger partial charge < -0.3 is 9.47 Å². The van der Waals surface area contributed by atoms with Crippen molar-refractivity contribution in [3.8, 4) is 11.9 Å². The van der Waals surface area contributed by atoms with Crippen molar-refractivity contribution in [2.24, 2.45) is 0 Å². The number of carbonyl (C=O) groups is 1. The topological polar surface area (TPSA) is 106 Å². The number of pyridine rings is 2. The van der Waals surface area contributed by atoms with E-state index < -0.39 is 5.41 Å². The van der Waals surface area contributed by atoms with Crippen LogP contribution in [0.3, 0.4) is 0 Å². The number of hydrogen-bond donors (Lipinski definition) is 0. The maximum absolute atomic E-state index is 13.2. The highest BCUT2D eigenvalue weighted by atomic mass is 16.5. The highest BCUT2D eigenvalue weighted by molar-refractivity contribution is 5.98. The van der Waals surface area contributed by atoms with Gasteiger partial charge in [0, 0.05) is 51.7 Å². The van der Waals surface area contributed by atoms with Crippen molar-refractivity contribution in [1.82, 2.24) is 24.6 Å². The molecule has 0 radical (unpaired) electrons. The Labute approximate surface area is 236 Å². The number of nitrogens with zero attached hydrogens (tertiary/aromatic N) is 6. The second kappa shape index (κ2) is 12.8. The lowest BCUT2D eigenvalue weighted by molar-refractivity contribution is 0.00493. The Bertz CT molecular complexity index is 1310. The Hall–Kier alpha value is -3.45. The summed E-state index contributed by atoms with van der Waals surface area (Å²) < 4.78 is 12.3. The molecule has 3 aromatic rings. The molecule has 9 heteroatoms. The van der Waals surface area contributed by atoms with Crippen molar-refractivity contribution in [2.45, 2.75) is 63.3 Å². The van der Waals surface area contributed by atoms with Gasteiger partial charge in [-0.3, -0.25) is 14.7 Å². The maximum Gasteiger partial charge on any atom is 0.170 e. The highest BCUT2D eigenvalue weighted by Gasteiger charge is 2.40. The van der Waals surface area contributed by atoms with Crippen LogP contribution in [0.5, 0.6) is 0 Å². The summed E-state index contributed by atoms with van der Waals surface area (Å²) in [7, 11) is 1.70. The summed E-state index contributed by atoms with van der Waals surface area (Å²) in [6.45, 7) is 6.14. The third-order valence-corrected chi connectivity index (χ3v) is 8.41. The fourth-order valence-corrected chi connectivity index (χ4v) is 5.95. The van der Waals surface area contributed by atoms with E-state index in [1.165, 1.54) is 0 Å². The zero-order valence-electron chi connectivity index (χ0n) is 23.5. The fraction of sp³-hybridized carbons (Fsp3) is 0.516. The lowest BCUT2D eigenvalue weighted by atomic mass is 9.71. The summed E-state index contributed by atoms with van der Waals surface area (Å²) in [6, 6.07) is 11.0. The van der Waals surface area contributed by atoms with Crippen molar-refractivity contribution in [2.75, 3.05) is 40.0 Å². The number of aryl methyl sites for hydroxylation is 1. The number of ether oxygens (including phenoxy) is 2. The van der Waals surface area contributed by atoms with E-state index in [0.29, 0.717) is 17.4 Å². The van der Waals surface area contributed by atoms with E-state index in [-0.39, 0.29) is 12.2 Å². The minimum absolute atomic E-state index is 0.0181. The third-order valence-electron chi connectivity index (χ3n) is 8.41. The first-order valence-corrected chi connectivity index (χ1v) is 14.2. The van der Waals surface area contributed by atoms with Gasteiger partial charge in [-0.2, -0.15) is 10.4 Å². The molecule has 3 aromatic heterocycles. The van der Waals surface area contributed by atoms with Crippen molar-refractivity contribution < 1.29 is 14.3 Å². The molecule has 1 aliphatic heterocycles. The lowest BCUT2D eigenvalue weighted by Crippen LogP contribution is -2.47. The first kappa shape index (κ1) is 28.1. The van der Waals surface area contributed by atoms with Crippen molar-refractivity contribution in [3.63, 3.8) is 0 Å². The second-order valence-corrected chi connectivity index (χ2v) is 10.9. The molecule has 0 N–H and O–H groups in total. The molecule has 210 valence electrons. The molecule has 1 saturated heterocycles. The van der Waals surface area contributed by atoms with Crippen LogP contribution in [0.2, 0.25) is 0 Å². The molecule has 9 nitrogen and oxygen atoms in total. The quantitative estimate of drug-likeness (QED) is 0.279. The monoisotopic (exact) mass is 542 g/mol. The van der Waals surface area contributed by atoms with Crippen molar-refractivity contribution in [1.29, 1.82) is 5.26 Å². The summed E-state index contributed by atoms with van der Waals surface area (Å²) in [5, 5.41) is 14.6. The second-order valence-electron chi connectivity index (χ2n) is 10.9. The molecule has 4 heterocycles. The molecular formula is C31H38N6O3. The Balaban J connectivity index is 1.21. The number of methoxy groups -OCH3 is 1. The van der Waals surface area contributed by atoms with Gasteiger partial charge in [0.15, 0.2) is 11.6 Å². The van der Waals surface area contributed by atoms with Crippen LogP contribution in [0.25, 0.3) is 5.82 Å². The van der Waals surface area contributed by atoms with Crippen LogP contribution in [0.4, 0.5) is 0 Å². The van der Waals surface area contributed by atoms with Gasteiger partial charge in [0.2, 0.25) is 0 Å². The predicted octanol–water partition coefficient (Wildman–Crippen LogP) is 4.01. The number of hydrogen-bond acceptors (Lipinski definition) is 8. The van der Waals surface area contributed by atoms with Crippen LogP contribution in [-0.4, -0.2) is 76.5 Å². The minimum atomic E-state index is -0.560. The summed E-state index contributed by atoms with van der Waals surface area (Å²) in [6.07, 6.45) is 10.9. The van der Waals surface area contributed by atoms with Gasteiger partial charge in [-0.15, -0.1) is 0 Å². The van der Waals surface area contributed by atoms with Gasteiger partial charge in [0.25, 0.3) is 0 Å². The largest absolute Gasteiger partial charge is 0.385 e. The van der Waals surface area contributed by atoms with Crippen LogP contribution in [0, 0.1) is 18.3 Å². The molecule has 5 rings (SSSR count). The van der Waals surface area contributed by atoms with Gasteiger partial charge in [-0.05, 0) is 68.7 Å². The molecule has 1 saturated carbocycles. The number of Topliss-reactive ketones (excluding diaryl/α,β-unsaturated/α-hetero) is 1. The number of rotatable bonds is 10. The molecule has 0 atom stereocenters. The van der Waals surface area contributed by atoms with E-state index in [1.54, 1.807) is 24.2 Å². The normalized spacial score (nSPS) is 21.7. The summed E-state index contributed by atoms with van der Waals surface area (Å²) in [5.74, 6) is 0.665. The SMILES string of the molecule is COCCCc1ccc(-n2ncc(C(=O)Cc3ccc(C4(C#N)CCC(N5CCOCC5)CC4)nc3)c2C)nc1. The van der Waals surface area contributed by atoms with Gasteiger partial charge in [0.05, 0.1) is 47.8 Å². The molecule has 0 unspecified atom stereocenters. The van der Waals surface area contributed by atoms with E-state index in [9.17, 15) is 10.1 Å². The van der Waals surface area contributed by atoms with E-state index >= 15 is 0 Å². The van der Waals surface area contributed by atoms with Crippen LogP contribution in [-0.2, 0) is 27.7 Å². The van der Waals surface area contributed by atoms with Crippen molar-refractivity contribution in [3.05, 3.63) is 70.9 Å². The summed E-state index contributed by atoms with van der Waals surface area (Å²) in [5.41, 5.74) is 3.55.